The topological polar surface area (TPSA) is 39.4 Å². The Bertz CT molecular complexity index is 885. The minimum atomic E-state index is -0.874. The maximum atomic E-state index is 6.07. The molecular formula is C20H22N3OSi. The first kappa shape index (κ1) is 17.2. The summed E-state index contributed by atoms with van der Waals surface area (Å²) in [7, 11) is 1.09. The maximum absolute atomic E-state index is 6.07. The Balaban J connectivity index is 2.17. The lowest BCUT2D eigenvalue weighted by molar-refractivity contribution is 0.581. The minimum absolute atomic E-state index is 0.836. The highest BCUT2D eigenvalue weighted by Gasteiger charge is 2.14. The molecule has 0 N–H and O–H groups in total. The van der Waals surface area contributed by atoms with Crippen molar-refractivity contribution in [3.8, 4) is 5.75 Å². The van der Waals surface area contributed by atoms with Gasteiger partial charge in [-0.15, -0.1) is 0 Å². The molecule has 2 aromatic carbocycles. The summed E-state index contributed by atoms with van der Waals surface area (Å²) in [6.45, 7) is 6.30. The third-order valence-electron chi connectivity index (χ3n) is 3.73. The molecule has 0 aliphatic rings. The Labute approximate surface area is 150 Å². The number of para-hydroxylation sites is 1. The molecule has 0 saturated heterocycles. The summed E-state index contributed by atoms with van der Waals surface area (Å²) in [6.07, 6.45) is 3.78. The van der Waals surface area contributed by atoms with E-state index in [2.05, 4.69) is 43.2 Å². The molecule has 1 radical (unpaired) electrons. The number of aliphatic imine (C=N–C) groups is 1. The van der Waals surface area contributed by atoms with Crippen LogP contribution in [-0.4, -0.2) is 24.3 Å². The van der Waals surface area contributed by atoms with E-state index >= 15 is 0 Å². The van der Waals surface area contributed by atoms with E-state index in [1.54, 1.807) is 6.33 Å². The van der Waals surface area contributed by atoms with Crippen molar-refractivity contribution < 1.29 is 4.43 Å². The van der Waals surface area contributed by atoms with E-state index in [0.717, 1.165) is 34.0 Å². The number of rotatable bonds is 5. The van der Waals surface area contributed by atoms with Crippen molar-refractivity contribution in [1.82, 2.24) is 9.55 Å². The molecule has 0 unspecified atom stereocenters. The second kappa shape index (κ2) is 7.48. The maximum Gasteiger partial charge on any atom is 0.274 e. The average molecular weight is 349 g/mol. The summed E-state index contributed by atoms with van der Waals surface area (Å²) in [5.41, 5.74) is 4.69. The van der Waals surface area contributed by atoms with Gasteiger partial charge in [0.1, 0.15) is 17.1 Å². The molecule has 5 heteroatoms. The molecule has 0 aliphatic heterocycles. The Hall–Kier alpha value is -2.66. The molecule has 0 bridgehead atoms. The van der Waals surface area contributed by atoms with Crippen molar-refractivity contribution in [3.63, 3.8) is 0 Å². The number of aryl methyl sites for hydroxylation is 2. The largest absolute Gasteiger partial charge is 0.541 e. The van der Waals surface area contributed by atoms with E-state index < -0.39 is 9.04 Å². The fraction of sp³-hybridized carbons (Fsp3) is 0.200. The van der Waals surface area contributed by atoms with Gasteiger partial charge in [-0.2, -0.15) is 0 Å². The van der Waals surface area contributed by atoms with Crippen LogP contribution >= 0.6 is 0 Å². The number of benzene rings is 2. The van der Waals surface area contributed by atoms with Crippen LogP contribution in [0.5, 0.6) is 5.75 Å². The molecule has 0 atom stereocenters. The van der Waals surface area contributed by atoms with Gasteiger partial charge in [-0.1, -0.05) is 42.5 Å². The van der Waals surface area contributed by atoms with Gasteiger partial charge in [0, 0.05) is 18.8 Å². The van der Waals surface area contributed by atoms with E-state index in [4.69, 9.17) is 9.42 Å². The quantitative estimate of drug-likeness (QED) is 0.502. The van der Waals surface area contributed by atoms with Crippen LogP contribution in [0.1, 0.15) is 16.8 Å². The third-order valence-corrected chi connectivity index (χ3v) is 4.36. The second-order valence-electron chi connectivity index (χ2n) is 6.18. The summed E-state index contributed by atoms with van der Waals surface area (Å²) in [5, 5.41) is 0. The predicted molar refractivity (Wildman–Crippen MR) is 104 cm³/mol. The normalized spacial score (nSPS) is 11.8. The summed E-state index contributed by atoms with van der Waals surface area (Å²) >= 11 is 0. The van der Waals surface area contributed by atoms with Crippen LogP contribution in [0.15, 0.2) is 66.0 Å². The van der Waals surface area contributed by atoms with Crippen LogP contribution in [-0.2, 0) is 7.05 Å². The molecule has 0 spiro atoms. The fourth-order valence-corrected chi connectivity index (χ4v) is 3.19. The summed E-state index contributed by atoms with van der Waals surface area (Å²) < 4.78 is 8.01. The lowest BCUT2D eigenvalue weighted by Gasteiger charge is -2.14. The molecule has 4 nitrogen and oxygen atoms in total. The third kappa shape index (κ3) is 4.06. The van der Waals surface area contributed by atoms with Gasteiger partial charge >= 0.3 is 0 Å². The molecule has 3 rings (SSSR count). The van der Waals surface area contributed by atoms with Gasteiger partial charge in [-0.3, -0.25) is 0 Å². The zero-order valence-electron chi connectivity index (χ0n) is 15.0. The zero-order chi connectivity index (χ0) is 17.8. The van der Waals surface area contributed by atoms with E-state index in [0.29, 0.717) is 0 Å². The molecule has 0 aliphatic carbocycles. The van der Waals surface area contributed by atoms with Crippen molar-refractivity contribution >= 4 is 20.4 Å². The Morgan fingerprint density at radius 1 is 1.08 bits per heavy atom. The van der Waals surface area contributed by atoms with Gasteiger partial charge in [0.05, 0.1) is 12.0 Å². The summed E-state index contributed by atoms with van der Waals surface area (Å²) in [5.74, 6) is 0.836. The van der Waals surface area contributed by atoms with Gasteiger partial charge in [0.25, 0.3) is 9.04 Å². The highest BCUT2D eigenvalue weighted by Crippen LogP contribution is 2.33. The van der Waals surface area contributed by atoms with Crippen LogP contribution in [0, 0.1) is 6.92 Å². The number of imidazole rings is 1. The molecule has 25 heavy (non-hydrogen) atoms. The van der Waals surface area contributed by atoms with Gasteiger partial charge in [0.15, 0.2) is 0 Å². The van der Waals surface area contributed by atoms with Crippen LogP contribution < -0.4 is 4.43 Å². The number of nitrogens with zero attached hydrogens (tertiary/aromatic N) is 3. The standard InChI is InChI=1S/C20H22N3OSi/c1-15-9-8-12-18(24-25(3)4)19(15)22-20(16-10-6-5-7-11-16)17-13-23(2)14-21-17/h5-14H,1-4H3. The van der Waals surface area contributed by atoms with Gasteiger partial charge in [-0.25, -0.2) is 9.98 Å². The molecule has 127 valence electrons. The molecule has 0 fully saturated rings. The van der Waals surface area contributed by atoms with Crippen molar-refractivity contribution in [2.45, 2.75) is 20.0 Å². The van der Waals surface area contributed by atoms with Crippen molar-refractivity contribution in [3.05, 3.63) is 77.9 Å². The lowest BCUT2D eigenvalue weighted by atomic mass is 10.1. The Morgan fingerprint density at radius 3 is 2.48 bits per heavy atom. The number of aromatic nitrogens is 2. The molecule has 0 saturated carbocycles. The second-order valence-corrected chi connectivity index (χ2v) is 8.20. The van der Waals surface area contributed by atoms with E-state index in [9.17, 15) is 0 Å². The van der Waals surface area contributed by atoms with Gasteiger partial charge < -0.3 is 8.99 Å². The molecule has 1 heterocycles. The first-order valence-corrected chi connectivity index (χ1v) is 10.7. The summed E-state index contributed by atoms with van der Waals surface area (Å²) in [6, 6.07) is 16.2. The zero-order valence-corrected chi connectivity index (χ0v) is 16.0. The SMILES string of the molecule is Cc1cccc(O[Si](C)C)c1N=C(c1ccccc1)c1cn(C)cn1. The lowest BCUT2D eigenvalue weighted by Crippen LogP contribution is -2.12. The average Bonchev–Trinajstić information content (AvgIpc) is 3.01. The van der Waals surface area contributed by atoms with E-state index in [1.807, 2.05) is 48.1 Å². The van der Waals surface area contributed by atoms with Crippen LogP contribution in [0.25, 0.3) is 0 Å². The van der Waals surface area contributed by atoms with Crippen molar-refractivity contribution in [1.29, 1.82) is 0 Å². The number of hydrogen-bond donors (Lipinski definition) is 0. The monoisotopic (exact) mass is 348 g/mol. The summed E-state index contributed by atoms with van der Waals surface area (Å²) in [4.78, 5) is 9.50. The minimum Gasteiger partial charge on any atom is -0.541 e. The van der Waals surface area contributed by atoms with Crippen molar-refractivity contribution in [2.24, 2.45) is 12.0 Å². The van der Waals surface area contributed by atoms with Crippen LogP contribution in [0.3, 0.4) is 0 Å². The first-order valence-electron chi connectivity index (χ1n) is 8.24. The molecular weight excluding hydrogens is 326 g/mol. The Kier molecular flexibility index (Phi) is 5.14. The van der Waals surface area contributed by atoms with Crippen molar-refractivity contribution in [2.75, 3.05) is 0 Å². The highest BCUT2D eigenvalue weighted by atomic mass is 28.3. The van der Waals surface area contributed by atoms with Gasteiger partial charge in [-0.05, 0) is 31.6 Å². The number of hydrogen-bond acceptors (Lipinski definition) is 3. The van der Waals surface area contributed by atoms with Crippen LogP contribution in [0.4, 0.5) is 5.69 Å². The smallest absolute Gasteiger partial charge is 0.274 e. The fourth-order valence-electron chi connectivity index (χ4n) is 2.59. The molecule has 0 amide bonds. The van der Waals surface area contributed by atoms with E-state index in [1.165, 1.54) is 0 Å². The molecule has 1 aromatic heterocycles. The first-order chi connectivity index (χ1) is 12.0. The predicted octanol–water partition coefficient (Wildman–Crippen LogP) is 4.53. The highest BCUT2D eigenvalue weighted by molar-refractivity contribution is 6.49. The van der Waals surface area contributed by atoms with E-state index in [-0.39, 0.29) is 0 Å². The molecule has 3 aromatic rings. The Morgan fingerprint density at radius 2 is 1.84 bits per heavy atom. The van der Waals surface area contributed by atoms with Gasteiger partial charge in [0.2, 0.25) is 0 Å². The van der Waals surface area contributed by atoms with Crippen LogP contribution in [0.2, 0.25) is 13.1 Å².